The van der Waals surface area contributed by atoms with Crippen LogP contribution >= 0.6 is 11.6 Å². The summed E-state index contributed by atoms with van der Waals surface area (Å²) in [5, 5.41) is 2.69. The zero-order chi connectivity index (χ0) is 10.8. The molecule has 1 aromatic heterocycles. The van der Waals surface area contributed by atoms with Gasteiger partial charge in [0.2, 0.25) is 5.22 Å². The number of rotatable bonds is 2. The number of carbonyl (C=O) groups excluding carboxylic acids is 1. The number of amides is 1. The van der Waals surface area contributed by atoms with E-state index in [2.05, 4.69) is 11.2 Å². The van der Waals surface area contributed by atoms with Gasteiger partial charge in [0.15, 0.2) is 0 Å². The summed E-state index contributed by atoms with van der Waals surface area (Å²) in [6.07, 6.45) is 6.57. The Labute approximate surface area is 87.4 Å². The van der Waals surface area contributed by atoms with Crippen molar-refractivity contribution in [3.05, 3.63) is 23.1 Å². The van der Waals surface area contributed by atoms with Crippen LogP contribution in [0.4, 0.5) is 0 Å². The van der Waals surface area contributed by atoms with Gasteiger partial charge in [-0.3, -0.25) is 4.79 Å². The van der Waals surface area contributed by atoms with Crippen molar-refractivity contribution in [2.75, 3.05) is 0 Å². The smallest absolute Gasteiger partial charge is 0.257 e. The summed E-state index contributed by atoms with van der Waals surface area (Å²) in [5.41, 5.74) is -0.410. The number of halogens is 1. The lowest BCUT2D eigenvalue weighted by atomic mass is 10.1. The van der Waals surface area contributed by atoms with Crippen LogP contribution in [-0.4, -0.2) is 11.4 Å². The summed E-state index contributed by atoms with van der Waals surface area (Å²) >= 11 is 5.63. The number of terminal acetylenes is 1. The molecule has 0 aliphatic heterocycles. The van der Waals surface area contributed by atoms with Gasteiger partial charge in [-0.2, -0.15) is 0 Å². The lowest BCUT2D eigenvalue weighted by molar-refractivity contribution is 0.0929. The number of carbonyl (C=O) groups is 1. The van der Waals surface area contributed by atoms with Crippen molar-refractivity contribution in [1.29, 1.82) is 0 Å². The minimum absolute atomic E-state index is 0.0651. The average molecular weight is 212 g/mol. The lowest BCUT2D eigenvalue weighted by Crippen LogP contribution is -2.42. The number of hydrogen-bond donors (Lipinski definition) is 1. The summed E-state index contributed by atoms with van der Waals surface area (Å²) in [7, 11) is 0. The van der Waals surface area contributed by atoms with E-state index >= 15 is 0 Å². The highest BCUT2D eigenvalue weighted by Crippen LogP contribution is 2.17. The molecule has 14 heavy (non-hydrogen) atoms. The van der Waals surface area contributed by atoms with Gasteiger partial charge < -0.3 is 9.73 Å². The van der Waals surface area contributed by atoms with Crippen molar-refractivity contribution in [2.45, 2.75) is 19.4 Å². The van der Waals surface area contributed by atoms with E-state index in [1.165, 1.54) is 12.3 Å². The van der Waals surface area contributed by atoms with Crippen molar-refractivity contribution >= 4 is 17.5 Å². The van der Waals surface area contributed by atoms with E-state index in [1.54, 1.807) is 13.8 Å². The molecule has 1 N–H and O–H groups in total. The van der Waals surface area contributed by atoms with Gasteiger partial charge in [-0.05, 0) is 31.5 Å². The molecule has 0 saturated carbocycles. The maximum absolute atomic E-state index is 11.6. The van der Waals surface area contributed by atoms with E-state index in [0.717, 1.165) is 0 Å². The van der Waals surface area contributed by atoms with Crippen LogP contribution in [0.3, 0.4) is 0 Å². The fraction of sp³-hybridized carbons (Fsp3) is 0.300. The van der Waals surface area contributed by atoms with Gasteiger partial charge in [0.25, 0.3) is 5.91 Å². The van der Waals surface area contributed by atoms with Crippen molar-refractivity contribution in [1.82, 2.24) is 5.32 Å². The Morgan fingerprint density at radius 3 is 2.79 bits per heavy atom. The Bertz CT molecular complexity index is 387. The summed E-state index contributed by atoms with van der Waals surface area (Å²) in [5.74, 6) is 2.11. The number of furan rings is 1. The monoisotopic (exact) mass is 211 g/mol. The molecule has 0 spiro atoms. The fourth-order valence-electron chi connectivity index (χ4n) is 0.843. The van der Waals surface area contributed by atoms with Crippen LogP contribution in [-0.2, 0) is 0 Å². The third-order valence-corrected chi connectivity index (χ3v) is 1.94. The first-order chi connectivity index (χ1) is 6.46. The average Bonchev–Trinajstić information content (AvgIpc) is 2.51. The van der Waals surface area contributed by atoms with Crippen LogP contribution in [0.5, 0.6) is 0 Å². The molecule has 0 unspecified atom stereocenters. The molecule has 0 saturated heterocycles. The quantitative estimate of drug-likeness (QED) is 0.761. The Hall–Kier alpha value is -1.40. The predicted molar refractivity (Wildman–Crippen MR) is 54.1 cm³/mol. The van der Waals surface area contributed by atoms with Gasteiger partial charge in [-0.15, -0.1) is 6.42 Å². The molecule has 0 aliphatic carbocycles. The Kier molecular flexibility index (Phi) is 2.87. The number of hydrogen-bond acceptors (Lipinski definition) is 2. The molecule has 0 aromatic carbocycles. The highest BCUT2D eigenvalue weighted by molar-refractivity contribution is 6.32. The molecule has 3 nitrogen and oxygen atoms in total. The van der Waals surface area contributed by atoms with Gasteiger partial charge in [0.05, 0.1) is 17.4 Å². The SMILES string of the molecule is C#CC(C)(C)NC(=O)c1ccoc1Cl. The highest BCUT2D eigenvalue weighted by Gasteiger charge is 2.20. The van der Waals surface area contributed by atoms with Crippen LogP contribution in [0.25, 0.3) is 0 Å². The van der Waals surface area contributed by atoms with Crippen LogP contribution in [0.15, 0.2) is 16.7 Å². The van der Waals surface area contributed by atoms with E-state index in [-0.39, 0.29) is 16.7 Å². The van der Waals surface area contributed by atoms with Gasteiger partial charge >= 0.3 is 0 Å². The third kappa shape index (κ3) is 2.30. The van der Waals surface area contributed by atoms with Gasteiger partial charge in [-0.1, -0.05) is 5.92 Å². The molecule has 0 bridgehead atoms. The summed E-state index contributed by atoms with van der Waals surface area (Å²) < 4.78 is 4.79. The molecule has 0 radical (unpaired) electrons. The first-order valence-corrected chi connectivity index (χ1v) is 4.37. The molecule has 1 rings (SSSR count). The second-order valence-electron chi connectivity index (χ2n) is 3.33. The molecule has 1 aromatic rings. The number of nitrogens with one attached hydrogen (secondary N) is 1. The molecule has 0 atom stereocenters. The third-order valence-electron chi connectivity index (χ3n) is 1.65. The molecular formula is C10H10ClNO2. The van der Waals surface area contributed by atoms with Crippen molar-refractivity contribution < 1.29 is 9.21 Å². The summed E-state index contributed by atoms with van der Waals surface area (Å²) in [6.45, 7) is 3.44. The Balaban J connectivity index is 2.80. The van der Waals surface area contributed by atoms with E-state index in [4.69, 9.17) is 22.4 Å². The molecular weight excluding hydrogens is 202 g/mol. The molecule has 0 fully saturated rings. The van der Waals surface area contributed by atoms with E-state index in [0.29, 0.717) is 0 Å². The second-order valence-corrected chi connectivity index (χ2v) is 3.67. The Morgan fingerprint density at radius 2 is 2.36 bits per heavy atom. The van der Waals surface area contributed by atoms with Crippen LogP contribution in [0, 0.1) is 12.3 Å². The first-order valence-electron chi connectivity index (χ1n) is 3.99. The lowest BCUT2D eigenvalue weighted by Gasteiger charge is -2.18. The topological polar surface area (TPSA) is 42.2 Å². The maximum Gasteiger partial charge on any atom is 0.257 e. The largest absolute Gasteiger partial charge is 0.452 e. The minimum atomic E-state index is -0.697. The Morgan fingerprint density at radius 1 is 1.71 bits per heavy atom. The molecule has 4 heteroatoms. The molecule has 1 heterocycles. The predicted octanol–water partition coefficient (Wildman–Crippen LogP) is 2.07. The fourth-order valence-corrected chi connectivity index (χ4v) is 1.04. The van der Waals surface area contributed by atoms with Gasteiger partial charge in [0.1, 0.15) is 0 Å². The normalized spacial score (nSPS) is 10.7. The zero-order valence-electron chi connectivity index (χ0n) is 7.93. The summed E-state index contributed by atoms with van der Waals surface area (Å²) in [6, 6.07) is 1.49. The zero-order valence-corrected chi connectivity index (χ0v) is 8.68. The second kappa shape index (κ2) is 3.77. The van der Waals surface area contributed by atoms with Crippen LogP contribution < -0.4 is 5.32 Å². The maximum atomic E-state index is 11.6. The van der Waals surface area contributed by atoms with Crippen LogP contribution in [0.2, 0.25) is 5.22 Å². The minimum Gasteiger partial charge on any atom is -0.452 e. The summed E-state index contributed by atoms with van der Waals surface area (Å²) in [4.78, 5) is 11.6. The van der Waals surface area contributed by atoms with Crippen LogP contribution in [0.1, 0.15) is 24.2 Å². The van der Waals surface area contributed by atoms with Crippen molar-refractivity contribution in [2.24, 2.45) is 0 Å². The highest BCUT2D eigenvalue weighted by atomic mass is 35.5. The van der Waals surface area contributed by atoms with Crippen molar-refractivity contribution in [3.63, 3.8) is 0 Å². The molecule has 74 valence electrons. The van der Waals surface area contributed by atoms with E-state index in [1.807, 2.05) is 0 Å². The van der Waals surface area contributed by atoms with E-state index < -0.39 is 5.54 Å². The molecule has 1 amide bonds. The van der Waals surface area contributed by atoms with Gasteiger partial charge in [-0.25, -0.2) is 0 Å². The first kappa shape index (κ1) is 10.7. The molecule has 0 aliphatic rings. The van der Waals surface area contributed by atoms with E-state index in [9.17, 15) is 4.79 Å². The van der Waals surface area contributed by atoms with Crippen molar-refractivity contribution in [3.8, 4) is 12.3 Å². The standard InChI is InChI=1S/C10H10ClNO2/c1-4-10(2,3)12-9(13)7-5-6-14-8(7)11/h1,5-6H,2-3H3,(H,12,13). The van der Waals surface area contributed by atoms with Gasteiger partial charge in [0, 0.05) is 0 Å².